The summed E-state index contributed by atoms with van der Waals surface area (Å²) in [6.45, 7) is 1.79. The van der Waals surface area contributed by atoms with Crippen LogP contribution in [0.2, 0.25) is 0 Å². The Hall–Kier alpha value is -1.57. The minimum absolute atomic E-state index is 0.0711. The fraction of sp³-hybridized carbons (Fsp3) is 0.400. The van der Waals surface area contributed by atoms with E-state index >= 15 is 0 Å². The van der Waals surface area contributed by atoms with Crippen LogP contribution in [-0.4, -0.2) is 27.2 Å². The number of nitrogens with one attached hydrogen (secondary N) is 1. The van der Waals surface area contributed by atoms with Gasteiger partial charge in [-0.25, -0.2) is 8.78 Å². The van der Waals surface area contributed by atoms with Crippen molar-refractivity contribution in [3.05, 3.63) is 33.9 Å². The summed E-state index contributed by atoms with van der Waals surface area (Å²) in [5.41, 5.74) is -1.05. The van der Waals surface area contributed by atoms with E-state index < -0.39 is 38.7 Å². The molecular formula is C10H12F2N2O3S. The summed E-state index contributed by atoms with van der Waals surface area (Å²) in [5.74, 6) is -1.81. The van der Waals surface area contributed by atoms with Crippen LogP contribution >= 0.6 is 0 Å². The molecule has 0 aromatic heterocycles. The van der Waals surface area contributed by atoms with E-state index in [4.69, 9.17) is 0 Å². The van der Waals surface area contributed by atoms with E-state index in [0.29, 0.717) is 11.8 Å². The Morgan fingerprint density at radius 3 is 2.67 bits per heavy atom. The Kier molecular flexibility index (Phi) is 5.14. The number of anilines is 1. The predicted molar refractivity (Wildman–Crippen MR) is 65.1 cm³/mol. The van der Waals surface area contributed by atoms with E-state index in [2.05, 4.69) is 5.32 Å². The van der Waals surface area contributed by atoms with Gasteiger partial charge in [0.15, 0.2) is 17.3 Å². The highest BCUT2D eigenvalue weighted by Gasteiger charge is 2.21. The molecule has 1 unspecified atom stereocenters. The van der Waals surface area contributed by atoms with Crippen molar-refractivity contribution >= 4 is 22.2 Å². The van der Waals surface area contributed by atoms with E-state index in [1.54, 1.807) is 6.92 Å². The van der Waals surface area contributed by atoms with Crippen LogP contribution in [0.4, 0.5) is 20.2 Å². The van der Waals surface area contributed by atoms with Gasteiger partial charge in [-0.2, -0.15) is 0 Å². The second-order valence-corrected chi connectivity index (χ2v) is 5.24. The zero-order valence-corrected chi connectivity index (χ0v) is 10.4. The molecule has 1 aromatic carbocycles. The molecule has 1 aromatic rings. The molecule has 0 bridgehead atoms. The van der Waals surface area contributed by atoms with Crippen molar-refractivity contribution in [1.82, 2.24) is 0 Å². The van der Waals surface area contributed by atoms with E-state index in [0.717, 1.165) is 6.07 Å². The van der Waals surface area contributed by atoms with Crippen molar-refractivity contribution in [3.63, 3.8) is 0 Å². The number of rotatable bonds is 6. The first-order valence-corrected chi connectivity index (χ1v) is 6.67. The average molecular weight is 278 g/mol. The Balaban J connectivity index is 2.89. The van der Waals surface area contributed by atoms with Gasteiger partial charge in [0.1, 0.15) is 0 Å². The maximum Gasteiger partial charge on any atom is 0.295 e. The second kappa shape index (κ2) is 6.39. The van der Waals surface area contributed by atoms with Gasteiger partial charge in [0.25, 0.3) is 5.69 Å². The lowest BCUT2D eigenvalue weighted by atomic mass is 10.2. The first kappa shape index (κ1) is 14.5. The Bertz CT molecular complexity index is 482. The number of benzene rings is 1. The first-order valence-electron chi connectivity index (χ1n) is 5.18. The van der Waals surface area contributed by atoms with E-state index in [1.807, 2.05) is 0 Å². The zero-order valence-electron chi connectivity index (χ0n) is 9.61. The van der Waals surface area contributed by atoms with Crippen LogP contribution in [0.3, 0.4) is 0 Å². The molecule has 1 N–H and O–H groups in total. The third kappa shape index (κ3) is 3.46. The van der Waals surface area contributed by atoms with Crippen LogP contribution in [0.5, 0.6) is 0 Å². The summed E-state index contributed by atoms with van der Waals surface area (Å²) in [5, 5.41) is 13.1. The lowest BCUT2D eigenvalue weighted by molar-refractivity contribution is -0.384. The third-order valence-electron chi connectivity index (χ3n) is 2.22. The summed E-state index contributed by atoms with van der Waals surface area (Å²) >= 11 is 0. The van der Waals surface area contributed by atoms with E-state index in [-0.39, 0.29) is 12.3 Å². The SMILES string of the molecule is CCS(=O)CCNc1c([N+](=O)[O-])ccc(F)c1F. The van der Waals surface area contributed by atoms with E-state index in [1.165, 1.54) is 0 Å². The maximum absolute atomic E-state index is 13.4. The number of nitro benzene ring substituents is 1. The zero-order chi connectivity index (χ0) is 13.7. The van der Waals surface area contributed by atoms with Crippen molar-refractivity contribution in [2.75, 3.05) is 23.4 Å². The first-order chi connectivity index (χ1) is 8.47. The van der Waals surface area contributed by atoms with Gasteiger partial charge in [-0.05, 0) is 6.07 Å². The molecule has 0 aliphatic heterocycles. The van der Waals surface area contributed by atoms with Crippen LogP contribution in [-0.2, 0) is 10.8 Å². The Morgan fingerprint density at radius 2 is 2.11 bits per heavy atom. The molecule has 0 radical (unpaired) electrons. The molecule has 0 heterocycles. The van der Waals surface area contributed by atoms with Gasteiger partial charge in [0.2, 0.25) is 0 Å². The second-order valence-electron chi connectivity index (χ2n) is 3.37. The molecule has 0 saturated heterocycles. The van der Waals surface area contributed by atoms with Gasteiger partial charge < -0.3 is 5.32 Å². The number of hydrogen-bond donors (Lipinski definition) is 1. The van der Waals surface area contributed by atoms with Crippen LogP contribution < -0.4 is 5.32 Å². The topological polar surface area (TPSA) is 72.2 Å². The van der Waals surface area contributed by atoms with Crippen LogP contribution in [0.25, 0.3) is 0 Å². The molecule has 1 atom stereocenters. The predicted octanol–water partition coefficient (Wildman–Crippen LogP) is 2.05. The lowest BCUT2D eigenvalue weighted by Gasteiger charge is -2.08. The summed E-state index contributed by atoms with van der Waals surface area (Å²) < 4.78 is 37.5. The highest BCUT2D eigenvalue weighted by Crippen LogP contribution is 2.28. The summed E-state index contributed by atoms with van der Waals surface area (Å²) in [4.78, 5) is 9.85. The van der Waals surface area contributed by atoms with Gasteiger partial charge >= 0.3 is 0 Å². The maximum atomic E-state index is 13.4. The van der Waals surface area contributed by atoms with Crippen LogP contribution in [0, 0.1) is 21.7 Å². The average Bonchev–Trinajstić information content (AvgIpc) is 2.33. The van der Waals surface area contributed by atoms with Gasteiger partial charge in [0, 0.05) is 34.9 Å². The van der Waals surface area contributed by atoms with Crippen LogP contribution in [0.1, 0.15) is 6.92 Å². The molecule has 5 nitrogen and oxygen atoms in total. The molecule has 18 heavy (non-hydrogen) atoms. The molecule has 100 valence electrons. The molecule has 0 aliphatic carbocycles. The number of nitro groups is 1. The van der Waals surface area contributed by atoms with Crippen molar-refractivity contribution in [3.8, 4) is 0 Å². The third-order valence-corrected chi connectivity index (χ3v) is 3.53. The quantitative estimate of drug-likeness (QED) is 0.638. The molecule has 0 amide bonds. The minimum atomic E-state index is -1.30. The molecule has 1 rings (SSSR count). The monoisotopic (exact) mass is 278 g/mol. The lowest BCUT2D eigenvalue weighted by Crippen LogP contribution is -2.14. The Morgan fingerprint density at radius 1 is 1.44 bits per heavy atom. The largest absolute Gasteiger partial charge is 0.376 e. The normalized spacial score (nSPS) is 12.2. The van der Waals surface area contributed by atoms with Crippen molar-refractivity contribution in [2.45, 2.75) is 6.92 Å². The van der Waals surface area contributed by atoms with Crippen molar-refractivity contribution in [1.29, 1.82) is 0 Å². The number of hydrogen-bond acceptors (Lipinski definition) is 4. The van der Waals surface area contributed by atoms with Gasteiger partial charge in [-0.3, -0.25) is 14.3 Å². The van der Waals surface area contributed by atoms with Gasteiger partial charge in [-0.15, -0.1) is 0 Å². The standard InChI is InChI=1S/C10H12F2N2O3S/c1-2-18(17)6-5-13-10-8(14(15)16)4-3-7(11)9(10)12/h3-4,13H,2,5-6H2,1H3. The van der Waals surface area contributed by atoms with Crippen molar-refractivity contribution < 1.29 is 17.9 Å². The molecular weight excluding hydrogens is 266 g/mol. The molecule has 0 aliphatic rings. The van der Waals surface area contributed by atoms with Crippen LogP contribution in [0.15, 0.2) is 12.1 Å². The summed E-state index contributed by atoms with van der Waals surface area (Å²) in [6, 6.07) is 1.58. The Labute approximate surface area is 105 Å². The highest BCUT2D eigenvalue weighted by atomic mass is 32.2. The van der Waals surface area contributed by atoms with Gasteiger partial charge in [0.05, 0.1) is 4.92 Å². The summed E-state index contributed by atoms with van der Waals surface area (Å²) in [7, 11) is -1.08. The molecule has 0 saturated carbocycles. The number of nitrogens with zero attached hydrogens (tertiary/aromatic N) is 1. The summed E-state index contributed by atoms with van der Waals surface area (Å²) in [6.07, 6.45) is 0. The fourth-order valence-electron chi connectivity index (χ4n) is 1.29. The molecule has 0 spiro atoms. The highest BCUT2D eigenvalue weighted by molar-refractivity contribution is 7.84. The van der Waals surface area contributed by atoms with Gasteiger partial charge in [-0.1, -0.05) is 6.92 Å². The van der Waals surface area contributed by atoms with E-state index in [9.17, 15) is 23.1 Å². The molecule has 8 heteroatoms. The number of halogens is 2. The molecule has 0 fully saturated rings. The fourth-order valence-corrected chi connectivity index (χ4v) is 1.91. The minimum Gasteiger partial charge on any atom is -0.376 e. The smallest absolute Gasteiger partial charge is 0.295 e. The van der Waals surface area contributed by atoms with Crippen molar-refractivity contribution in [2.24, 2.45) is 0 Å².